The van der Waals surface area contributed by atoms with E-state index in [9.17, 15) is 9.59 Å². The maximum atomic E-state index is 13.2. The van der Waals surface area contributed by atoms with Gasteiger partial charge < -0.3 is 9.47 Å². The van der Waals surface area contributed by atoms with Crippen molar-refractivity contribution in [3.05, 3.63) is 0 Å². The topological polar surface area (TPSA) is 55.8 Å². The third-order valence-electron chi connectivity index (χ3n) is 13.1. The average Bonchev–Trinajstić information content (AvgIpc) is 3.23. The first-order chi connectivity index (χ1) is 28.0. The zero-order chi connectivity index (χ0) is 41.3. The van der Waals surface area contributed by atoms with Crippen LogP contribution < -0.4 is 0 Å². The van der Waals surface area contributed by atoms with Gasteiger partial charge in [-0.3, -0.25) is 14.5 Å². The molecular weight excluding hydrogens is 703 g/mol. The summed E-state index contributed by atoms with van der Waals surface area (Å²) in [6.07, 6.45) is 48.9. The molecule has 0 amide bonds. The van der Waals surface area contributed by atoms with Gasteiger partial charge in [0, 0.05) is 19.1 Å². The van der Waals surface area contributed by atoms with E-state index < -0.39 is 0 Å². The van der Waals surface area contributed by atoms with Crippen molar-refractivity contribution in [2.75, 3.05) is 26.3 Å². The third-order valence-corrected chi connectivity index (χ3v) is 13.1. The second kappa shape index (κ2) is 41.6. The van der Waals surface area contributed by atoms with E-state index in [-0.39, 0.29) is 11.9 Å². The van der Waals surface area contributed by atoms with Gasteiger partial charge in [0.05, 0.1) is 26.1 Å². The molecular formula is C52H101NO4. The van der Waals surface area contributed by atoms with Crippen LogP contribution in [0.25, 0.3) is 0 Å². The number of carbonyl (C=O) groups excluding carboxylic acids is 2. The van der Waals surface area contributed by atoms with Crippen LogP contribution in [0.2, 0.25) is 0 Å². The molecule has 338 valence electrons. The van der Waals surface area contributed by atoms with E-state index in [1.165, 1.54) is 238 Å². The van der Waals surface area contributed by atoms with Crippen molar-refractivity contribution in [3.63, 3.8) is 0 Å². The fraction of sp³-hybridized carbons (Fsp3) is 0.962. The van der Waals surface area contributed by atoms with Crippen LogP contribution in [-0.4, -0.2) is 49.2 Å². The van der Waals surface area contributed by atoms with Crippen LogP contribution in [0.4, 0.5) is 0 Å². The molecule has 0 heterocycles. The monoisotopic (exact) mass is 804 g/mol. The van der Waals surface area contributed by atoms with Gasteiger partial charge in [0.2, 0.25) is 0 Å². The molecule has 1 aliphatic carbocycles. The third kappa shape index (κ3) is 34.3. The zero-order valence-electron chi connectivity index (χ0n) is 39.2. The molecule has 2 unspecified atom stereocenters. The van der Waals surface area contributed by atoms with Crippen LogP contribution in [0, 0.1) is 11.8 Å². The number of hydrogen-bond acceptors (Lipinski definition) is 5. The van der Waals surface area contributed by atoms with E-state index >= 15 is 0 Å². The van der Waals surface area contributed by atoms with Crippen LogP contribution >= 0.6 is 0 Å². The first-order valence-electron chi connectivity index (χ1n) is 26.1. The first-order valence-corrected chi connectivity index (χ1v) is 26.1. The molecule has 0 aromatic heterocycles. The summed E-state index contributed by atoms with van der Waals surface area (Å²) < 4.78 is 12.0. The summed E-state index contributed by atoms with van der Waals surface area (Å²) in [4.78, 5) is 28.8. The predicted octanol–water partition coefficient (Wildman–Crippen LogP) is 16.3. The predicted molar refractivity (Wildman–Crippen MR) is 247 cm³/mol. The SMILES string of the molecule is CCCCCCCCCCC(CCCCCCCC)COC(=O)CCN(CCC(=O)OCC(CCCCCCCC)CCCCCCCCCC)C1CCCCC1. The highest BCUT2D eigenvalue weighted by Crippen LogP contribution is 2.25. The normalized spacial score (nSPS) is 14.6. The van der Waals surface area contributed by atoms with Gasteiger partial charge in [-0.25, -0.2) is 0 Å². The highest BCUT2D eigenvalue weighted by atomic mass is 16.5. The molecule has 0 spiro atoms. The number of nitrogens with zero attached hydrogens (tertiary/aromatic N) is 1. The molecule has 0 saturated heterocycles. The lowest BCUT2D eigenvalue weighted by Gasteiger charge is -2.34. The maximum absolute atomic E-state index is 13.2. The Kier molecular flexibility index (Phi) is 39.4. The maximum Gasteiger partial charge on any atom is 0.307 e. The lowest BCUT2D eigenvalue weighted by Crippen LogP contribution is -2.40. The smallest absolute Gasteiger partial charge is 0.307 e. The van der Waals surface area contributed by atoms with Crippen molar-refractivity contribution in [2.24, 2.45) is 11.8 Å². The minimum Gasteiger partial charge on any atom is -0.465 e. The Morgan fingerprint density at radius 1 is 0.421 bits per heavy atom. The van der Waals surface area contributed by atoms with Gasteiger partial charge in [-0.15, -0.1) is 0 Å². The summed E-state index contributed by atoms with van der Waals surface area (Å²) in [7, 11) is 0. The molecule has 2 atom stereocenters. The van der Waals surface area contributed by atoms with Gasteiger partial charge in [-0.2, -0.15) is 0 Å². The Morgan fingerprint density at radius 3 is 1.00 bits per heavy atom. The Morgan fingerprint density at radius 2 is 0.702 bits per heavy atom. The van der Waals surface area contributed by atoms with Crippen LogP contribution in [-0.2, 0) is 19.1 Å². The molecule has 1 fully saturated rings. The van der Waals surface area contributed by atoms with Crippen molar-refractivity contribution in [1.82, 2.24) is 4.90 Å². The Balaban J connectivity index is 2.59. The molecule has 5 nitrogen and oxygen atoms in total. The molecule has 5 heteroatoms. The minimum absolute atomic E-state index is 0.0549. The molecule has 0 radical (unpaired) electrons. The molecule has 0 aromatic carbocycles. The zero-order valence-corrected chi connectivity index (χ0v) is 39.2. The van der Waals surface area contributed by atoms with E-state index in [2.05, 4.69) is 32.6 Å². The molecule has 0 N–H and O–H groups in total. The average molecular weight is 804 g/mol. The van der Waals surface area contributed by atoms with Gasteiger partial charge in [-0.05, 0) is 50.4 Å². The Labute approximate surface area is 357 Å². The number of esters is 2. The molecule has 1 saturated carbocycles. The summed E-state index contributed by atoms with van der Waals surface area (Å²) >= 11 is 0. The molecule has 0 aromatic rings. The highest BCUT2D eigenvalue weighted by Gasteiger charge is 2.23. The summed E-state index contributed by atoms with van der Waals surface area (Å²) in [5, 5.41) is 0. The summed E-state index contributed by atoms with van der Waals surface area (Å²) in [5.41, 5.74) is 0. The summed E-state index contributed by atoms with van der Waals surface area (Å²) in [6, 6.07) is 0.462. The molecule has 1 aliphatic rings. The lowest BCUT2D eigenvalue weighted by molar-refractivity contribution is -0.146. The van der Waals surface area contributed by atoms with E-state index in [0.29, 0.717) is 57.0 Å². The lowest BCUT2D eigenvalue weighted by atomic mass is 9.94. The van der Waals surface area contributed by atoms with E-state index in [0.717, 1.165) is 0 Å². The van der Waals surface area contributed by atoms with Gasteiger partial charge in [0.25, 0.3) is 0 Å². The van der Waals surface area contributed by atoms with Gasteiger partial charge >= 0.3 is 11.9 Å². The van der Waals surface area contributed by atoms with Crippen LogP contribution in [0.1, 0.15) is 278 Å². The first kappa shape index (κ1) is 53.9. The van der Waals surface area contributed by atoms with Crippen LogP contribution in [0.3, 0.4) is 0 Å². The largest absolute Gasteiger partial charge is 0.465 e. The fourth-order valence-electron chi connectivity index (χ4n) is 9.14. The molecule has 0 bridgehead atoms. The Bertz CT molecular complexity index is 797. The van der Waals surface area contributed by atoms with Crippen LogP contribution in [0.5, 0.6) is 0 Å². The van der Waals surface area contributed by atoms with Crippen molar-refractivity contribution in [1.29, 1.82) is 0 Å². The van der Waals surface area contributed by atoms with E-state index in [4.69, 9.17) is 9.47 Å². The number of rotatable bonds is 43. The van der Waals surface area contributed by atoms with Crippen molar-refractivity contribution in [2.45, 2.75) is 284 Å². The highest BCUT2D eigenvalue weighted by molar-refractivity contribution is 5.70. The Hall–Kier alpha value is -1.10. The standard InChI is InChI=1S/C52H101NO4/c1-5-9-13-17-21-23-27-32-38-48(36-30-25-19-15-11-7-3)46-56-51(54)42-44-53(50-40-34-29-35-41-50)45-43-52(55)57-47-49(37-31-26-20-16-12-8-4)39-33-28-24-22-18-14-10-6-2/h48-50H,5-47H2,1-4H3. The summed E-state index contributed by atoms with van der Waals surface area (Å²) in [6.45, 7) is 11.7. The number of ether oxygens (including phenoxy) is 2. The van der Waals surface area contributed by atoms with E-state index in [1.807, 2.05) is 0 Å². The minimum atomic E-state index is -0.0549. The van der Waals surface area contributed by atoms with Crippen molar-refractivity contribution >= 4 is 11.9 Å². The fourth-order valence-corrected chi connectivity index (χ4v) is 9.14. The van der Waals surface area contributed by atoms with Gasteiger partial charge in [-0.1, -0.05) is 227 Å². The molecule has 57 heavy (non-hydrogen) atoms. The quantitative estimate of drug-likeness (QED) is 0.0454. The number of carbonyl (C=O) groups is 2. The van der Waals surface area contributed by atoms with Crippen LogP contribution in [0.15, 0.2) is 0 Å². The van der Waals surface area contributed by atoms with Crippen molar-refractivity contribution < 1.29 is 19.1 Å². The summed E-state index contributed by atoms with van der Waals surface area (Å²) in [5.74, 6) is 0.872. The van der Waals surface area contributed by atoms with Crippen molar-refractivity contribution in [3.8, 4) is 0 Å². The second-order valence-corrected chi connectivity index (χ2v) is 18.6. The number of unbranched alkanes of at least 4 members (excludes halogenated alkanes) is 24. The van der Waals surface area contributed by atoms with E-state index in [1.54, 1.807) is 0 Å². The number of hydrogen-bond donors (Lipinski definition) is 0. The molecule has 0 aliphatic heterocycles. The second-order valence-electron chi connectivity index (χ2n) is 18.6. The molecule has 1 rings (SSSR count). The van der Waals surface area contributed by atoms with Gasteiger partial charge in [0.15, 0.2) is 0 Å². The van der Waals surface area contributed by atoms with Gasteiger partial charge in [0.1, 0.15) is 0 Å².